The number of ketones is 2. The molecule has 1 aromatic carbocycles. The van der Waals surface area contributed by atoms with Gasteiger partial charge >= 0.3 is 17.7 Å². The minimum atomic E-state index is -0.725. The van der Waals surface area contributed by atoms with Crippen LogP contribution in [0.5, 0.6) is 0 Å². The second kappa shape index (κ2) is 38.8. The van der Waals surface area contributed by atoms with E-state index in [0.29, 0.717) is 70.5 Å². The van der Waals surface area contributed by atoms with Crippen molar-refractivity contribution >= 4 is 82.3 Å². The number of Topliss-reactive ketones (excluding diaryl/α,β-unsaturated/α-hetero) is 2. The van der Waals surface area contributed by atoms with Crippen LogP contribution in [0.3, 0.4) is 0 Å². The number of hydrogen-bond donors (Lipinski definition) is 7. The van der Waals surface area contributed by atoms with Gasteiger partial charge in [-0.05, 0) is 139 Å². The Bertz CT molecular complexity index is 3640. The molecule has 0 unspecified atom stereocenters. The summed E-state index contributed by atoms with van der Waals surface area (Å²) >= 11 is 0. The molecule has 8 amide bonds. The molecule has 100 heavy (non-hydrogen) atoms. The van der Waals surface area contributed by atoms with E-state index in [0.717, 1.165) is 29.0 Å². The molecule has 0 saturated carbocycles. The van der Waals surface area contributed by atoms with Crippen molar-refractivity contribution in [1.29, 1.82) is 0 Å². The van der Waals surface area contributed by atoms with Gasteiger partial charge in [-0.1, -0.05) is 137 Å². The molecular formula is C75H112N12O13. The fourth-order valence-electron chi connectivity index (χ4n) is 9.54. The lowest BCUT2D eigenvalue weighted by Crippen LogP contribution is -2.54. The lowest BCUT2D eigenvalue weighted by atomic mass is 9.86. The number of carboxylic acids is 1. The van der Waals surface area contributed by atoms with Gasteiger partial charge in [0.05, 0.1) is 12.8 Å². The number of H-pyrrole nitrogens is 1. The number of carbonyl (C=O) groups excluding carboxylic acids is 9. The molecule has 6 rings (SSSR count). The minimum absolute atomic E-state index is 0.00128. The van der Waals surface area contributed by atoms with E-state index in [9.17, 15) is 57.5 Å². The molecule has 4 aromatic heterocycles. The molecule has 1 fully saturated rings. The summed E-state index contributed by atoms with van der Waals surface area (Å²) in [5.41, 5.74) is 4.01. The maximum atomic E-state index is 13.3. The Morgan fingerprint density at radius 2 is 0.990 bits per heavy atom. The highest BCUT2D eigenvalue weighted by atomic mass is 16.4. The van der Waals surface area contributed by atoms with Gasteiger partial charge in [0.15, 0.2) is 5.78 Å². The van der Waals surface area contributed by atoms with Crippen molar-refractivity contribution in [2.75, 3.05) is 48.5 Å². The molecule has 1 aliphatic heterocycles. The summed E-state index contributed by atoms with van der Waals surface area (Å²) in [6.45, 7) is 46.5. The Morgan fingerprint density at radius 1 is 0.540 bits per heavy atom. The number of imide groups is 2. The second-order valence-electron chi connectivity index (χ2n) is 32.4. The van der Waals surface area contributed by atoms with Gasteiger partial charge in [0.25, 0.3) is 11.5 Å². The number of carbonyl (C=O) groups is 10. The van der Waals surface area contributed by atoms with E-state index in [1.807, 2.05) is 80.5 Å². The van der Waals surface area contributed by atoms with Gasteiger partial charge in [0.1, 0.15) is 35.5 Å². The smallest absolute Gasteiger partial charge is 0.330 e. The average Bonchev–Trinajstić information content (AvgIpc) is 0.836. The molecule has 550 valence electrons. The predicted octanol–water partition coefficient (Wildman–Crippen LogP) is 11.9. The lowest BCUT2D eigenvalue weighted by Gasteiger charge is -2.30. The molecule has 0 spiro atoms. The Labute approximate surface area is 590 Å². The summed E-state index contributed by atoms with van der Waals surface area (Å²) in [6.07, 6.45) is 3.36. The van der Waals surface area contributed by atoms with E-state index >= 15 is 0 Å². The van der Waals surface area contributed by atoms with E-state index < -0.39 is 29.7 Å². The van der Waals surface area contributed by atoms with Gasteiger partial charge < -0.3 is 31.3 Å². The molecule has 0 atom stereocenters. The first-order valence-corrected chi connectivity index (χ1v) is 33.0. The van der Waals surface area contributed by atoms with Gasteiger partial charge in [-0.15, -0.1) is 0 Å². The number of benzene rings is 1. The molecule has 25 nitrogen and oxygen atoms in total. The highest BCUT2D eigenvalue weighted by molar-refractivity contribution is 6.14. The number of barbiturate groups is 1. The first kappa shape index (κ1) is 88.6. The molecule has 5 heterocycles. The zero-order chi connectivity index (χ0) is 77.2. The van der Waals surface area contributed by atoms with Crippen molar-refractivity contribution in [2.24, 2.45) is 32.5 Å². The molecule has 0 bridgehead atoms. The van der Waals surface area contributed by atoms with Crippen molar-refractivity contribution in [3.63, 3.8) is 0 Å². The minimum Gasteiger partial charge on any atom is -0.481 e. The Hall–Kier alpha value is -9.39. The van der Waals surface area contributed by atoms with Crippen molar-refractivity contribution in [1.82, 2.24) is 39.6 Å². The van der Waals surface area contributed by atoms with E-state index in [-0.39, 0.29) is 99.1 Å². The number of urea groups is 1. The van der Waals surface area contributed by atoms with Crippen LogP contribution in [0.1, 0.15) is 214 Å². The summed E-state index contributed by atoms with van der Waals surface area (Å²) in [6, 6.07) is 18.4. The van der Waals surface area contributed by atoms with Crippen molar-refractivity contribution in [3.05, 3.63) is 133 Å². The summed E-state index contributed by atoms with van der Waals surface area (Å²) < 4.78 is 1.54. The highest BCUT2D eigenvalue weighted by Gasteiger charge is 2.33. The predicted molar refractivity (Wildman–Crippen MR) is 393 cm³/mol. The quantitative estimate of drug-likeness (QED) is 0.0356. The maximum absolute atomic E-state index is 13.3. The number of pyridine rings is 3. The van der Waals surface area contributed by atoms with Gasteiger partial charge in [0.2, 0.25) is 29.5 Å². The van der Waals surface area contributed by atoms with Crippen molar-refractivity contribution in [2.45, 2.75) is 204 Å². The molecule has 25 heteroatoms. The summed E-state index contributed by atoms with van der Waals surface area (Å²) in [7, 11) is 4.20. The summed E-state index contributed by atoms with van der Waals surface area (Å²) in [5, 5.41) is 21.0. The topological polar surface area (TPSA) is 351 Å². The highest BCUT2D eigenvalue weighted by Crippen LogP contribution is 2.27. The van der Waals surface area contributed by atoms with Crippen LogP contribution >= 0.6 is 0 Å². The third-order valence-corrected chi connectivity index (χ3v) is 12.5. The van der Waals surface area contributed by atoms with Gasteiger partial charge in [-0.3, -0.25) is 72.7 Å². The zero-order valence-corrected chi connectivity index (χ0v) is 63.8. The number of aliphatic carboxylic acids is 1. The van der Waals surface area contributed by atoms with E-state index in [1.54, 1.807) is 61.7 Å². The van der Waals surface area contributed by atoms with E-state index in [4.69, 9.17) is 5.11 Å². The number of amides is 8. The first-order valence-electron chi connectivity index (χ1n) is 33.0. The second-order valence-corrected chi connectivity index (χ2v) is 32.4. The maximum Gasteiger partial charge on any atom is 0.330 e. The summed E-state index contributed by atoms with van der Waals surface area (Å²) in [4.78, 5) is 156. The van der Waals surface area contributed by atoms with Crippen LogP contribution in [-0.4, -0.2) is 126 Å². The number of anilines is 4. The monoisotopic (exact) mass is 1390 g/mol. The van der Waals surface area contributed by atoms with Crippen molar-refractivity contribution < 1.29 is 53.1 Å². The number of aromatic amines is 1. The number of hydrogen-bond acceptors (Lipinski definition) is 16. The van der Waals surface area contributed by atoms with Crippen LogP contribution in [0.25, 0.3) is 0 Å². The zero-order valence-electron chi connectivity index (χ0n) is 63.8. The molecule has 1 aliphatic rings. The SMILES string of the molecule is CC(=O)Cc1cccc(CC(=O)c2cc(CC(C)(C)C)cc(C(=O)Nc3cccc(NC(C)=O)n3)c2)n1.CC(=O)Nc1cc(CC(C)(C)C)cc(NC(C)=O)n1.CC(C)(C)CC(=O)O.CC(C)(C)CN1C(=O)CC(=O)NC1=O.CN(C)CC(C)(C)C.Cc1cn(CC(C)(C)C)c(=O)[nH]c1=O. The number of aromatic nitrogens is 5. The molecule has 5 aromatic rings. The largest absolute Gasteiger partial charge is 0.481 e. The molecule has 7 N–H and O–H groups in total. The van der Waals surface area contributed by atoms with Crippen LogP contribution in [0, 0.1) is 39.4 Å². The number of nitrogens with zero attached hydrogens (tertiary/aromatic N) is 6. The van der Waals surface area contributed by atoms with E-state index in [2.05, 4.69) is 128 Å². The molecule has 0 radical (unpaired) electrons. The Kier molecular flexibility index (Phi) is 34.4. The normalized spacial score (nSPS) is 12.3. The standard InChI is InChI=1S/C29H32N4O4.C14H21N3O2.C10H16N2O2.C9H14N2O3.C7H17N.C6H12O2/c1-18(34)12-23-8-6-9-24(31-23)16-25(36)21-13-20(17-29(3,4)5)14-22(15-21)28(37)33-27-11-7-10-26(32-27)30-19(2)35;1-9(18)15-12-6-11(8-14(3,4)5)7-13(17-12)16-10(2)19;1-7-5-12(6-10(2,3)4)9(14)11-8(7)13;1-9(2,3)5-11-7(13)4-6(12)10-8(11)14;1-7(2,3)6-8(4)5;1-6(2,3)4-5(7)8/h6-11,13-15H,12,16-17H2,1-5H3,(H2,30,32,33,35,37);6-7H,8H2,1-5H3,(H2,15,16,17,18,19);5H,6H2,1-4H3,(H,11,13,14);4-5H2,1-3H3,(H,10,12,14);6H2,1-5H3;4H2,1-3H3,(H,7,8). The van der Waals surface area contributed by atoms with Crippen molar-refractivity contribution in [3.8, 4) is 0 Å². The third kappa shape index (κ3) is 41.1. The van der Waals surface area contributed by atoms with E-state index in [1.165, 1.54) is 32.3 Å². The van der Waals surface area contributed by atoms with Gasteiger partial charge in [-0.25, -0.2) is 19.6 Å². The fourth-order valence-corrected chi connectivity index (χ4v) is 9.54. The van der Waals surface area contributed by atoms with Crippen LogP contribution in [-0.2, 0) is 65.8 Å². The number of rotatable bonds is 16. The average molecular weight is 1390 g/mol. The van der Waals surface area contributed by atoms with Crippen LogP contribution in [0.2, 0.25) is 0 Å². The molecule has 1 saturated heterocycles. The number of nitrogens with one attached hydrogen (secondary N) is 6. The summed E-state index contributed by atoms with van der Waals surface area (Å²) in [5.74, 6) is -1.40. The van der Waals surface area contributed by atoms with Crippen LogP contribution in [0.4, 0.5) is 28.1 Å². The Balaban J connectivity index is 0.000000666. The van der Waals surface area contributed by atoms with Crippen LogP contribution in [0.15, 0.2) is 82.5 Å². The van der Waals surface area contributed by atoms with Gasteiger partial charge in [-0.2, -0.15) is 0 Å². The third-order valence-electron chi connectivity index (χ3n) is 12.5. The van der Waals surface area contributed by atoms with Gasteiger partial charge in [0, 0.05) is 81.1 Å². The fraction of sp³-hybridized carbons (Fsp3) is 0.533. The lowest BCUT2D eigenvalue weighted by molar-refractivity contribution is -0.139. The Morgan fingerprint density at radius 3 is 1.40 bits per heavy atom. The molecular weight excluding hydrogens is 1280 g/mol. The van der Waals surface area contributed by atoms with Crippen LogP contribution < -0.4 is 37.8 Å². The molecule has 0 aliphatic carbocycles. The number of carboxylic acid groups (broad SMARTS) is 1. The number of aryl methyl sites for hydroxylation is 1. The first-order chi connectivity index (χ1) is 45.4.